The van der Waals surface area contributed by atoms with Crippen molar-refractivity contribution in [3.05, 3.63) is 23.8 Å². The van der Waals surface area contributed by atoms with Crippen molar-refractivity contribution >= 4 is 5.76 Å². The van der Waals surface area contributed by atoms with Gasteiger partial charge in [0.05, 0.1) is 5.56 Å². The first-order valence-corrected chi connectivity index (χ1v) is 5.51. The van der Waals surface area contributed by atoms with Gasteiger partial charge in [-0.15, -0.1) is 0 Å². The molecule has 0 aliphatic carbocycles. The van der Waals surface area contributed by atoms with E-state index in [9.17, 15) is 5.11 Å². The van der Waals surface area contributed by atoms with Gasteiger partial charge in [-0.05, 0) is 12.1 Å². The van der Waals surface area contributed by atoms with Crippen molar-refractivity contribution in [3.8, 4) is 17.2 Å². The summed E-state index contributed by atoms with van der Waals surface area (Å²) in [4.78, 5) is 0. The molecule has 5 heteroatoms. The standard InChI is InChI=1S/C12H13NO4/c14-9-6-12-11(16-7-17-12)5-8(9)10-1-2-13-3-4-15-10/h1,5-6,13-14H,2-4,7H2. The Bertz CT molecular complexity index is 470. The number of phenolic OH excluding ortho intramolecular Hbond substituents is 1. The van der Waals surface area contributed by atoms with E-state index in [0.717, 1.165) is 13.1 Å². The first-order valence-electron chi connectivity index (χ1n) is 5.51. The van der Waals surface area contributed by atoms with E-state index in [-0.39, 0.29) is 12.5 Å². The first-order chi connectivity index (χ1) is 8.34. The predicted molar refractivity (Wildman–Crippen MR) is 61.0 cm³/mol. The molecule has 0 saturated heterocycles. The Labute approximate surface area is 98.6 Å². The second-order valence-corrected chi connectivity index (χ2v) is 3.84. The van der Waals surface area contributed by atoms with Crippen molar-refractivity contribution in [3.63, 3.8) is 0 Å². The van der Waals surface area contributed by atoms with E-state index in [0.29, 0.717) is 29.4 Å². The van der Waals surface area contributed by atoms with Crippen LogP contribution in [-0.2, 0) is 4.74 Å². The molecule has 1 aromatic carbocycles. The molecule has 0 radical (unpaired) electrons. The van der Waals surface area contributed by atoms with Crippen molar-refractivity contribution in [2.45, 2.75) is 0 Å². The molecule has 0 fully saturated rings. The molecule has 17 heavy (non-hydrogen) atoms. The molecule has 0 spiro atoms. The average molecular weight is 235 g/mol. The maximum absolute atomic E-state index is 9.94. The van der Waals surface area contributed by atoms with E-state index >= 15 is 0 Å². The van der Waals surface area contributed by atoms with E-state index < -0.39 is 0 Å². The lowest BCUT2D eigenvalue weighted by molar-refractivity contribution is 0.174. The van der Waals surface area contributed by atoms with Crippen LogP contribution in [0.15, 0.2) is 18.2 Å². The van der Waals surface area contributed by atoms with Crippen molar-refractivity contribution in [1.82, 2.24) is 5.32 Å². The topological polar surface area (TPSA) is 60.0 Å². The molecule has 3 rings (SSSR count). The lowest BCUT2D eigenvalue weighted by atomic mass is 10.1. The Morgan fingerprint density at radius 3 is 2.82 bits per heavy atom. The Morgan fingerprint density at radius 2 is 1.94 bits per heavy atom. The largest absolute Gasteiger partial charge is 0.507 e. The molecule has 0 saturated carbocycles. The van der Waals surface area contributed by atoms with Crippen LogP contribution in [0.25, 0.3) is 5.76 Å². The number of hydrogen-bond acceptors (Lipinski definition) is 5. The van der Waals surface area contributed by atoms with E-state index in [1.807, 2.05) is 6.08 Å². The van der Waals surface area contributed by atoms with Gasteiger partial charge in [0.15, 0.2) is 11.5 Å². The molecule has 0 atom stereocenters. The number of aromatic hydroxyl groups is 1. The summed E-state index contributed by atoms with van der Waals surface area (Å²) in [6.07, 6.45) is 1.91. The second kappa shape index (κ2) is 4.18. The zero-order chi connectivity index (χ0) is 11.7. The molecular formula is C12H13NO4. The summed E-state index contributed by atoms with van der Waals surface area (Å²) >= 11 is 0. The van der Waals surface area contributed by atoms with E-state index in [1.165, 1.54) is 0 Å². The zero-order valence-electron chi connectivity index (χ0n) is 9.23. The summed E-state index contributed by atoms with van der Waals surface area (Å²) in [5.74, 6) is 2.02. The van der Waals surface area contributed by atoms with Crippen LogP contribution in [-0.4, -0.2) is 31.6 Å². The van der Waals surface area contributed by atoms with E-state index in [1.54, 1.807) is 12.1 Å². The van der Waals surface area contributed by atoms with Crippen LogP contribution in [0.3, 0.4) is 0 Å². The number of fused-ring (bicyclic) bond motifs is 1. The predicted octanol–water partition coefficient (Wildman–Crippen LogP) is 1.08. The third kappa shape index (κ3) is 1.89. The molecular weight excluding hydrogens is 222 g/mol. The van der Waals surface area contributed by atoms with E-state index in [2.05, 4.69) is 5.32 Å². The van der Waals surface area contributed by atoms with Crippen molar-refractivity contribution in [2.24, 2.45) is 0 Å². The van der Waals surface area contributed by atoms with Crippen LogP contribution in [0.1, 0.15) is 5.56 Å². The summed E-state index contributed by atoms with van der Waals surface area (Å²) in [6.45, 7) is 2.30. The molecule has 90 valence electrons. The molecule has 2 N–H and O–H groups in total. The van der Waals surface area contributed by atoms with Gasteiger partial charge in [0.2, 0.25) is 6.79 Å². The number of phenols is 1. The maximum Gasteiger partial charge on any atom is 0.231 e. The highest BCUT2D eigenvalue weighted by Crippen LogP contribution is 2.40. The summed E-state index contributed by atoms with van der Waals surface area (Å²) < 4.78 is 16.0. The number of nitrogens with one attached hydrogen (secondary N) is 1. The average Bonchev–Trinajstić information content (AvgIpc) is 2.62. The van der Waals surface area contributed by atoms with Crippen LogP contribution in [0.5, 0.6) is 17.2 Å². The van der Waals surface area contributed by atoms with Gasteiger partial charge in [-0.1, -0.05) is 0 Å². The van der Waals surface area contributed by atoms with Gasteiger partial charge < -0.3 is 24.6 Å². The molecule has 2 heterocycles. The molecule has 0 aromatic heterocycles. The lowest BCUT2D eigenvalue weighted by Gasteiger charge is -2.10. The fourth-order valence-electron chi connectivity index (χ4n) is 1.88. The fraction of sp³-hybridized carbons (Fsp3) is 0.333. The molecule has 2 aliphatic rings. The Balaban J connectivity index is 1.99. The Hall–Kier alpha value is -1.88. The third-order valence-electron chi connectivity index (χ3n) is 2.72. The number of hydrogen-bond donors (Lipinski definition) is 2. The van der Waals surface area contributed by atoms with E-state index in [4.69, 9.17) is 14.2 Å². The Morgan fingerprint density at radius 1 is 1.12 bits per heavy atom. The third-order valence-corrected chi connectivity index (χ3v) is 2.72. The second-order valence-electron chi connectivity index (χ2n) is 3.84. The van der Waals surface area contributed by atoms with Crippen LogP contribution < -0.4 is 14.8 Å². The number of ether oxygens (including phenoxy) is 3. The summed E-state index contributed by atoms with van der Waals surface area (Å²) in [6, 6.07) is 3.30. The van der Waals surface area contributed by atoms with Crippen LogP contribution in [0.2, 0.25) is 0 Å². The molecule has 5 nitrogen and oxygen atoms in total. The molecule has 1 aromatic rings. The van der Waals surface area contributed by atoms with Gasteiger partial charge in [-0.25, -0.2) is 0 Å². The molecule has 0 amide bonds. The minimum atomic E-state index is 0.141. The minimum Gasteiger partial charge on any atom is -0.507 e. The summed E-state index contributed by atoms with van der Waals surface area (Å²) in [7, 11) is 0. The summed E-state index contributed by atoms with van der Waals surface area (Å²) in [5.41, 5.74) is 0.637. The Kier molecular flexibility index (Phi) is 2.53. The highest BCUT2D eigenvalue weighted by atomic mass is 16.7. The fourth-order valence-corrected chi connectivity index (χ4v) is 1.88. The van der Waals surface area contributed by atoms with Crippen LogP contribution in [0, 0.1) is 0 Å². The normalized spacial score (nSPS) is 18.2. The molecule has 0 unspecified atom stereocenters. The first kappa shape index (κ1) is 10.3. The smallest absolute Gasteiger partial charge is 0.231 e. The van der Waals surface area contributed by atoms with Gasteiger partial charge in [-0.3, -0.25) is 0 Å². The van der Waals surface area contributed by atoms with Gasteiger partial charge in [0.1, 0.15) is 18.1 Å². The lowest BCUT2D eigenvalue weighted by Crippen LogP contribution is -2.16. The van der Waals surface area contributed by atoms with Gasteiger partial charge in [0, 0.05) is 19.2 Å². The van der Waals surface area contributed by atoms with Crippen LogP contribution in [0.4, 0.5) is 0 Å². The van der Waals surface area contributed by atoms with Crippen LogP contribution >= 0.6 is 0 Å². The van der Waals surface area contributed by atoms with Crippen molar-refractivity contribution in [2.75, 3.05) is 26.5 Å². The zero-order valence-corrected chi connectivity index (χ0v) is 9.23. The quantitative estimate of drug-likeness (QED) is 0.762. The minimum absolute atomic E-state index is 0.141. The highest BCUT2D eigenvalue weighted by Gasteiger charge is 2.20. The monoisotopic (exact) mass is 235 g/mol. The summed E-state index contributed by atoms with van der Waals surface area (Å²) in [5, 5.41) is 13.1. The van der Waals surface area contributed by atoms with Gasteiger partial charge >= 0.3 is 0 Å². The highest BCUT2D eigenvalue weighted by molar-refractivity contribution is 5.69. The number of benzene rings is 1. The van der Waals surface area contributed by atoms with Crippen molar-refractivity contribution in [1.29, 1.82) is 0 Å². The SMILES string of the molecule is Oc1cc2c(cc1C1=CCNCCO1)OCO2. The molecule has 0 bridgehead atoms. The van der Waals surface area contributed by atoms with Gasteiger partial charge in [-0.2, -0.15) is 0 Å². The van der Waals surface area contributed by atoms with Crippen molar-refractivity contribution < 1.29 is 19.3 Å². The van der Waals surface area contributed by atoms with Gasteiger partial charge in [0.25, 0.3) is 0 Å². The number of rotatable bonds is 1. The molecule has 2 aliphatic heterocycles. The maximum atomic E-state index is 9.94.